The lowest BCUT2D eigenvalue weighted by Gasteiger charge is -2.18. The van der Waals surface area contributed by atoms with Crippen LogP contribution in [-0.4, -0.2) is 31.3 Å². The molecule has 1 N–H and O–H groups in total. The molecular weight excluding hydrogens is 284 g/mol. The first kappa shape index (κ1) is 12.3. The van der Waals surface area contributed by atoms with Gasteiger partial charge in [-0.2, -0.15) is 5.10 Å². The summed E-state index contributed by atoms with van der Waals surface area (Å²) in [5, 5.41) is 15.6. The lowest BCUT2D eigenvalue weighted by Crippen LogP contribution is -2.26. The highest BCUT2D eigenvalue weighted by molar-refractivity contribution is 9.10. The molecule has 0 amide bonds. The molecule has 0 bridgehead atoms. The molecule has 0 fully saturated rings. The first-order valence-corrected chi connectivity index (χ1v) is 6.20. The van der Waals surface area contributed by atoms with Gasteiger partial charge in [-0.05, 0) is 28.5 Å². The van der Waals surface area contributed by atoms with Gasteiger partial charge in [0.25, 0.3) is 0 Å². The molecule has 2 rings (SSSR count). The standard InChI is InChI=1S/C10H15BrN6/c1-4-12-8(7-5-6-13-16(7)2)9-10(11)14-15-17(9)3/h5-6,8,12H,4H2,1-3H3. The zero-order chi connectivity index (χ0) is 12.4. The minimum absolute atomic E-state index is 0.0295. The van der Waals surface area contributed by atoms with Gasteiger partial charge in [-0.15, -0.1) is 5.10 Å². The maximum Gasteiger partial charge on any atom is 0.153 e. The van der Waals surface area contributed by atoms with E-state index < -0.39 is 0 Å². The summed E-state index contributed by atoms with van der Waals surface area (Å²) >= 11 is 3.43. The van der Waals surface area contributed by atoms with E-state index in [2.05, 4.69) is 43.6 Å². The van der Waals surface area contributed by atoms with E-state index in [1.165, 1.54) is 0 Å². The monoisotopic (exact) mass is 298 g/mol. The molecule has 0 aromatic carbocycles. The van der Waals surface area contributed by atoms with Gasteiger partial charge in [0, 0.05) is 20.3 Å². The van der Waals surface area contributed by atoms with Crippen LogP contribution in [-0.2, 0) is 14.1 Å². The fourth-order valence-electron chi connectivity index (χ4n) is 1.86. The molecule has 0 aliphatic carbocycles. The highest BCUT2D eigenvalue weighted by Crippen LogP contribution is 2.25. The molecular formula is C10H15BrN6. The molecule has 0 spiro atoms. The summed E-state index contributed by atoms with van der Waals surface area (Å²) in [6.07, 6.45) is 1.79. The fraction of sp³-hybridized carbons (Fsp3) is 0.500. The van der Waals surface area contributed by atoms with Gasteiger partial charge in [0.15, 0.2) is 4.60 Å². The van der Waals surface area contributed by atoms with Crippen molar-refractivity contribution in [3.05, 3.63) is 28.3 Å². The van der Waals surface area contributed by atoms with Gasteiger partial charge in [-0.3, -0.25) is 4.68 Å². The molecule has 92 valence electrons. The molecule has 17 heavy (non-hydrogen) atoms. The van der Waals surface area contributed by atoms with E-state index >= 15 is 0 Å². The Morgan fingerprint density at radius 3 is 2.65 bits per heavy atom. The van der Waals surface area contributed by atoms with Crippen LogP contribution in [0.25, 0.3) is 0 Å². The fourth-order valence-corrected chi connectivity index (χ4v) is 2.41. The lowest BCUT2D eigenvalue weighted by molar-refractivity contribution is 0.531. The summed E-state index contributed by atoms with van der Waals surface area (Å²) in [5.41, 5.74) is 2.08. The Hall–Kier alpha value is -1.21. The van der Waals surface area contributed by atoms with Gasteiger partial charge in [-0.1, -0.05) is 12.1 Å². The number of halogens is 1. The molecule has 2 heterocycles. The topological polar surface area (TPSA) is 60.6 Å². The Kier molecular flexibility index (Phi) is 3.58. The van der Waals surface area contributed by atoms with E-state index in [0.717, 1.165) is 22.5 Å². The van der Waals surface area contributed by atoms with Gasteiger partial charge in [0.2, 0.25) is 0 Å². The number of aryl methyl sites for hydroxylation is 2. The number of rotatable bonds is 4. The van der Waals surface area contributed by atoms with E-state index in [1.54, 1.807) is 10.9 Å². The number of nitrogens with zero attached hydrogens (tertiary/aromatic N) is 5. The van der Waals surface area contributed by atoms with Gasteiger partial charge < -0.3 is 5.32 Å². The van der Waals surface area contributed by atoms with E-state index in [-0.39, 0.29) is 6.04 Å². The summed E-state index contributed by atoms with van der Waals surface area (Å²) < 4.78 is 4.38. The van der Waals surface area contributed by atoms with Crippen LogP contribution in [0.3, 0.4) is 0 Å². The zero-order valence-corrected chi connectivity index (χ0v) is 11.6. The van der Waals surface area contributed by atoms with Gasteiger partial charge in [0.1, 0.15) is 0 Å². The van der Waals surface area contributed by atoms with Crippen molar-refractivity contribution in [2.24, 2.45) is 14.1 Å². The summed E-state index contributed by atoms with van der Waals surface area (Å²) in [7, 11) is 3.81. The molecule has 0 radical (unpaired) electrons. The molecule has 0 saturated carbocycles. The molecule has 2 aromatic rings. The minimum Gasteiger partial charge on any atom is -0.304 e. The van der Waals surface area contributed by atoms with Gasteiger partial charge in [-0.25, -0.2) is 4.68 Å². The lowest BCUT2D eigenvalue weighted by atomic mass is 10.1. The Morgan fingerprint density at radius 1 is 1.41 bits per heavy atom. The maximum atomic E-state index is 4.20. The minimum atomic E-state index is 0.0295. The molecule has 2 aromatic heterocycles. The van der Waals surface area contributed by atoms with Crippen molar-refractivity contribution in [3.63, 3.8) is 0 Å². The first-order chi connectivity index (χ1) is 8.15. The molecule has 0 aliphatic heterocycles. The third kappa shape index (κ3) is 2.25. The smallest absolute Gasteiger partial charge is 0.153 e. The van der Waals surface area contributed by atoms with Crippen molar-refractivity contribution in [1.29, 1.82) is 0 Å². The summed E-state index contributed by atoms with van der Waals surface area (Å²) in [6, 6.07) is 2.02. The van der Waals surface area contributed by atoms with Gasteiger partial charge in [0.05, 0.1) is 17.4 Å². The quantitative estimate of drug-likeness (QED) is 0.915. The molecule has 0 aliphatic rings. The third-order valence-electron chi connectivity index (χ3n) is 2.66. The van der Waals surface area contributed by atoms with Crippen LogP contribution >= 0.6 is 15.9 Å². The van der Waals surface area contributed by atoms with E-state index in [4.69, 9.17) is 0 Å². The van der Waals surface area contributed by atoms with Crippen LogP contribution in [0.2, 0.25) is 0 Å². The van der Waals surface area contributed by atoms with Crippen LogP contribution < -0.4 is 5.32 Å². The Balaban J connectivity index is 2.46. The predicted octanol–water partition coefficient (Wildman–Crippen LogP) is 1.01. The molecule has 1 atom stereocenters. The van der Waals surface area contributed by atoms with E-state index in [1.807, 2.05) is 24.8 Å². The van der Waals surface area contributed by atoms with Crippen molar-refractivity contribution >= 4 is 15.9 Å². The molecule has 0 saturated heterocycles. The third-order valence-corrected chi connectivity index (χ3v) is 3.23. The average Bonchev–Trinajstić information content (AvgIpc) is 2.84. The van der Waals surface area contributed by atoms with E-state index in [0.29, 0.717) is 0 Å². The van der Waals surface area contributed by atoms with Crippen molar-refractivity contribution in [1.82, 2.24) is 30.1 Å². The van der Waals surface area contributed by atoms with Crippen LogP contribution in [0, 0.1) is 0 Å². The average molecular weight is 299 g/mol. The largest absolute Gasteiger partial charge is 0.304 e. The highest BCUT2D eigenvalue weighted by Gasteiger charge is 2.23. The summed E-state index contributed by atoms with van der Waals surface area (Å²) in [5.74, 6) is 0. The van der Waals surface area contributed by atoms with Crippen LogP contribution in [0.5, 0.6) is 0 Å². The number of hydrogen-bond donors (Lipinski definition) is 1. The van der Waals surface area contributed by atoms with Crippen LogP contribution in [0.15, 0.2) is 16.9 Å². The second-order valence-electron chi connectivity index (χ2n) is 3.76. The summed E-state index contributed by atoms with van der Waals surface area (Å²) in [4.78, 5) is 0. The number of aromatic nitrogens is 5. The van der Waals surface area contributed by atoms with Crippen molar-refractivity contribution in [2.45, 2.75) is 13.0 Å². The SMILES string of the molecule is CCNC(c1ccnn1C)c1c(Br)nnn1C. The van der Waals surface area contributed by atoms with Gasteiger partial charge >= 0.3 is 0 Å². The maximum absolute atomic E-state index is 4.20. The Labute approximate surface area is 108 Å². The van der Waals surface area contributed by atoms with Crippen molar-refractivity contribution in [3.8, 4) is 0 Å². The Morgan fingerprint density at radius 2 is 2.18 bits per heavy atom. The van der Waals surface area contributed by atoms with Crippen molar-refractivity contribution < 1.29 is 0 Å². The van der Waals surface area contributed by atoms with Crippen LogP contribution in [0.1, 0.15) is 24.4 Å². The first-order valence-electron chi connectivity index (χ1n) is 5.41. The summed E-state index contributed by atoms with van der Waals surface area (Å²) in [6.45, 7) is 2.93. The Bertz CT molecular complexity index is 483. The second kappa shape index (κ2) is 4.97. The molecule has 1 unspecified atom stereocenters. The molecule has 7 heteroatoms. The van der Waals surface area contributed by atoms with E-state index in [9.17, 15) is 0 Å². The highest BCUT2D eigenvalue weighted by atomic mass is 79.9. The normalized spacial score (nSPS) is 12.9. The predicted molar refractivity (Wildman–Crippen MR) is 67.4 cm³/mol. The second-order valence-corrected chi connectivity index (χ2v) is 4.51. The molecule has 6 nitrogen and oxygen atoms in total. The van der Waals surface area contributed by atoms with Crippen LogP contribution in [0.4, 0.5) is 0 Å². The zero-order valence-electron chi connectivity index (χ0n) is 10.1. The van der Waals surface area contributed by atoms with Crippen molar-refractivity contribution in [2.75, 3.05) is 6.54 Å². The number of nitrogens with one attached hydrogen (secondary N) is 1. The number of hydrogen-bond acceptors (Lipinski definition) is 4.